The molecule has 1 saturated heterocycles. The lowest BCUT2D eigenvalue weighted by molar-refractivity contribution is -0.146. The maximum atomic E-state index is 13.3. The zero-order valence-electron chi connectivity index (χ0n) is 19.5. The molecule has 3 N–H and O–H groups in total. The number of esters is 1. The first-order valence-electron chi connectivity index (χ1n) is 11.6. The van der Waals surface area contributed by atoms with Crippen molar-refractivity contribution in [1.82, 2.24) is 20.9 Å². The minimum atomic E-state index is -0.995. The summed E-state index contributed by atoms with van der Waals surface area (Å²) in [5.74, 6) is -1.66. The molecular weight excluding hydrogens is 428 g/mol. The van der Waals surface area contributed by atoms with E-state index < -0.39 is 35.9 Å². The van der Waals surface area contributed by atoms with Gasteiger partial charge in [0.15, 0.2) is 5.76 Å². The zero-order valence-corrected chi connectivity index (χ0v) is 19.5. The molecule has 3 rings (SSSR count). The van der Waals surface area contributed by atoms with E-state index in [1.165, 1.54) is 30.8 Å². The summed E-state index contributed by atoms with van der Waals surface area (Å²) in [6.07, 6.45) is 6.97. The van der Waals surface area contributed by atoms with E-state index in [1.807, 2.05) is 0 Å². The van der Waals surface area contributed by atoms with Crippen LogP contribution in [0.1, 0.15) is 62.9 Å². The highest BCUT2D eigenvalue weighted by Crippen LogP contribution is 2.23. The van der Waals surface area contributed by atoms with Gasteiger partial charge in [0.2, 0.25) is 5.91 Å². The summed E-state index contributed by atoms with van der Waals surface area (Å²) in [5, 5.41) is 8.58. The fraction of sp³-hybridized carbons (Fsp3) is 0.652. The van der Waals surface area contributed by atoms with E-state index in [-0.39, 0.29) is 30.3 Å². The normalized spacial score (nSPS) is 22.0. The number of hydrogen-bond donors (Lipinski definition) is 3. The van der Waals surface area contributed by atoms with Crippen molar-refractivity contribution < 1.29 is 28.3 Å². The van der Waals surface area contributed by atoms with Gasteiger partial charge in [0.1, 0.15) is 12.1 Å². The number of ether oxygens (including phenoxy) is 1. The summed E-state index contributed by atoms with van der Waals surface area (Å²) < 4.78 is 10.0. The number of carbonyl (C=O) groups excluding carboxylic acids is 4. The van der Waals surface area contributed by atoms with Crippen LogP contribution in [-0.2, 0) is 14.3 Å². The van der Waals surface area contributed by atoms with Crippen LogP contribution in [0.15, 0.2) is 22.8 Å². The molecule has 0 radical (unpaired) electrons. The first kappa shape index (κ1) is 24.6. The molecule has 2 fully saturated rings. The lowest BCUT2D eigenvalue weighted by atomic mass is 9.96. The molecule has 0 spiro atoms. The first-order chi connectivity index (χ1) is 15.8. The number of rotatable bonds is 7. The van der Waals surface area contributed by atoms with E-state index in [9.17, 15) is 19.2 Å². The molecule has 1 saturated carbocycles. The Hall–Kier alpha value is -3.04. The second-order valence-corrected chi connectivity index (χ2v) is 9.02. The van der Waals surface area contributed by atoms with Crippen molar-refractivity contribution in [1.29, 1.82) is 0 Å². The maximum Gasteiger partial charge on any atom is 0.328 e. The summed E-state index contributed by atoms with van der Waals surface area (Å²) >= 11 is 0. The van der Waals surface area contributed by atoms with E-state index in [4.69, 9.17) is 9.15 Å². The van der Waals surface area contributed by atoms with Crippen LogP contribution in [0.4, 0.5) is 4.79 Å². The monoisotopic (exact) mass is 462 g/mol. The zero-order chi connectivity index (χ0) is 24.0. The van der Waals surface area contributed by atoms with Crippen LogP contribution in [0.3, 0.4) is 0 Å². The van der Waals surface area contributed by atoms with Gasteiger partial charge in [0, 0.05) is 12.6 Å². The second-order valence-electron chi connectivity index (χ2n) is 9.02. The first-order valence-corrected chi connectivity index (χ1v) is 11.6. The SMILES string of the molecule is COC(=O)[C@H](NC(=O)[C@@H]1[C@@H](NC(=O)NC2CCCCC2)CCN1C(=O)c1ccco1)C(C)C. The predicted molar refractivity (Wildman–Crippen MR) is 119 cm³/mol. The van der Waals surface area contributed by atoms with E-state index in [0.717, 1.165) is 25.7 Å². The molecule has 2 heterocycles. The summed E-state index contributed by atoms with van der Waals surface area (Å²) in [6.45, 7) is 3.84. The van der Waals surface area contributed by atoms with Crippen LogP contribution in [0.5, 0.6) is 0 Å². The number of furan rings is 1. The third-order valence-electron chi connectivity index (χ3n) is 6.34. The van der Waals surface area contributed by atoms with Gasteiger partial charge in [0.25, 0.3) is 5.91 Å². The smallest absolute Gasteiger partial charge is 0.328 e. The Morgan fingerprint density at radius 2 is 1.82 bits per heavy atom. The van der Waals surface area contributed by atoms with Gasteiger partial charge in [-0.2, -0.15) is 0 Å². The van der Waals surface area contributed by atoms with Gasteiger partial charge in [-0.15, -0.1) is 0 Å². The standard InChI is InChI=1S/C23H34N4O6/c1-14(2)18(22(30)32-3)26-20(28)19-16(25-23(31)24-15-8-5-4-6-9-15)11-12-27(19)21(29)17-10-7-13-33-17/h7,10,13-16,18-19H,4-6,8-9,11-12H2,1-3H3,(H,26,28)(H2,24,25,31)/t16-,18+,19-/m0/s1. The molecular formula is C23H34N4O6. The molecule has 10 heteroatoms. The lowest BCUT2D eigenvalue weighted by Crippen LogP contribution is -2.59. The van der Waals surface area contributed by atoms with E-state index in [2.05, 4.69) is 16.0 Å². The Kier molecular flexibility index (Phi) is 8.35. The molecule has 182 valence electrons. The van der Waals surface area contributed by atoms with Crippen molar-refractivity contribution in [2.24, 2.45) is 5.92 Å². The van der Waals surface area contributed by atoms with Crippen LogP contribution in [0.2, 0.25) is 0 Å². The van der Waals surface area contributed by atoms with Gasteiger partial charge in [0.05, 0.1) is 19.4 Å². The van der Waals surface area contributed by atoms with Crippen LogP contribution >= 0.6 is 0 Å². The van der Waals surface area contributed by atoms with Crippen molar-refractivity contribution in [2.75, 3.05) is 13.7 Å². The van der Waals surface area contributed by atoms with Crippen LogP contribution in [0.25, 0.3) is 0 Å². The summed E-state index contributed by atoms with van der Waals surface area (Å²) in [5.41, 5.74) is 0. The fourth-order valence-corrected chi connectivity index (χ4v) is 4.54. The van der Waals surface area contributed by atoms with Gasteiger partial charge in [-0.3, -0.25) is 9.59 Å². The Bertz CT molecular complexity index is 834. The maximum absolute atomic E-state index is 13.3. The van der Waals surface area contributed by atoms with Crippen molar-refractivity contribution in [2.45, 2.75) is 76.5 Å². The number of methoxy groups -OCH3 is 1. The van der Waals surface area contributed by atoms with E-state index >= 15 is 0 Å². The third kappa shape index (κ3) is 6.06. The Labute approximate surface area is 193 Å². The molecule has 0 aromatic carbocycles. The van der Waals surface area contributed by atoms with Crippen molar-refractivity contribution >= 4 is 23.8 Å². The van der Waals surface area contributed by atoms with Crippen LogP contribution < -0.4 is 16.0 Å². The number of nitrogens with one attached hydrogen (secondary N) is 3. The number of hydrogen-bond acceptors (Lipinski definition) is 6. The van der Waals surface area contributed by atoms with Crippen LogP contribution in [-0.4, -0.2) is 66.5 Å². The molecule has 1 aliphatic heterocycles. The molecule has 33 heavy (non-hydrogen) atoms. The highest BCUT2D eigenvalue weighted by atomic mass is 16.5. The van der Waals surface area contributed by atoms with Crippen LogP contribution in [0, 0.1) is 5.92 Å². The quantitative estimate of drug-likeness (QED) is 0.530. The third-order valence-corrected chi connectivity index (χ3v) is 6.34. The number of likely N-dealkylation sites (tertiary alicyclic amines) is 1. The van der Waals surface area contributed by atoms with Gasteiger partial charge >= 0.3 is 12.0 Å². The number of amides is 4. The molecule has 1 aromatic rings. The molecule has 0 unspecified atom stereocenters. The van der Waals surface area contributed by atoms with Gasteiger partial charge in [-0.25, -0.2) is 9.59 Å². The number of urea groups is 1. The highest BCUT2D eigenvalue weighted by molar-refractivity contribution is 5.97. The molecule has 0 bridgehead atoms. The van der Waals surface area contributed by atoms with E-state index in [0.29, 0.717) is 6.42 Å². The lowest BCUT2D eigenvalue weighted by Gasteiger charge is -2.30. The predicted octanol–water partition coefficient (Wildman–Crippen LogP) is 1.81. The Balaban J connectivity index is 1.76. The minimum Gasteiger partial charge on any atom is -0.467 e. The number of nitrogens with zero attached hydrogens (tertiary/aromatic N) is 1. The average molecular weight is 463 g/mol. The number of carbonyl (C=O) groups is 4. The Morgan fingerprint density at radius 1 is 1.09 bits per heavy atom. The molecule has 1 aromatic heterocycles. The molecule has 2 aliphatic rings. The largest absolute Gasteiger partial charge is 0.467 e. The summed E-state index contributed by atoms with van der Waals surface area (Å²) in [6, 6.07) is 0.393. The molecule has 3 atom stereocenters. The topological polar surface area (TPSA) is 130 Å². The summed E-state index contributed by atoms with van der Waals surface area (Å²) in [4.78, 5) is 52.6. The van der Waals surface area contributed by atoms with Gasteiger partial charge in [-0.05, 0) is 37.3 Å². The van der Waals surface area contributed by atoms with E-state index in [1.54, 1.807) is 19.9 Å². The van der Waals surface area contributed by atoms with Crippen molar-refractivity contribution in [3.05, 3.63) is 24.2 Å². The van der Waals surface area contributed by atoms with Crippen molar-refractivity contribution in [3.8, 4) is 0 Å². The van der Waals surface area contributed by atoms with Crippen molar-refractivity contribution in [3.63, 3.8) is 0 Å². The molecule has 4 amide bonds. The average Bonchev–Trinajstić information content (AvgIpc) is 3.47. The fourth-order valence-electron chi connectivity index (χ4n) is 4.54. The highest BCUT2D eigenvalue weighted by Gasteiger charge is 2.44. The molecule has 1 aliphatic carbocycles. The molecule has 10 nitrogen and oxygen atoms in total. The minimum absolute atomic E-state index is 0.105. The summed E-state index contributed by atoms with van der Waals surface area (Å²) in [7, 11) is 1.26. The Morgan fingerprint density at radius 3 is 2.42 bits per heavy atom. The van der Waals surface area contributed by atoms with Gasteiger partial charge < -0.3 is 30.0 Å². The van der Waals surface area contributed by atoms with Gasteiger partial charge in [-0.1, -0.05) is 33.1 Å². The second kappa shape index (κ2) is 11.2.